The largest absolute Gasteiger partial charge is 0.325 e. The van der Waals surface area contributed by atoms with Crippen LogP contribution < -0.4 is 5.73 Å². The number of nitrogens with two attached hydrogens (primary N) is 1. The first kappa shape index (κ1) is 8.20. The van der Waals surface area contributed by atoms with Crippen molar-refractivity contribution in [3.63, 3.8) is 0 Å². The lowest BCUT2D eigenvalue weighted by Crippen LogP contribution is -1.95. The fraction of sp³-hybridized carbons (Fsp3) is 0.667. The number of thiazole rings is 1. The monoisotopic (exact) mass is 182 g/mol. The molecule has 1 heterocycles. The van der Waals surface area contributed by atoms with Crippen molar-refractivity contribution in [1.82, 2.24) is 4.98 Å². The molecule has 1 saturated carbocycles. The minimum Gasteiger partial charge on any atom is -0.325 e. The lowest BCUT2D eigenvalue weighted by Gasteiger charge is -1.93. The topological polar surface area (TPSA) is 38.9 Å². The van der Waals surface area contributed by atoms with Gasteiger partial charge in [0.2, 0.25) is 0 Å². The van der Waals surface area contributed by atoms with E-state index in [0.29, 0.717) is 6.54 Å². The summed E-state index contributed by atoms with van der Waals surface area (Å²) in [6, 6.07) is 0. The molecule has 2 nitrogen and oxygen atoms in total. The Morgan fingerprint density at radius 2 is 2.33 bits per heavy atom. The van der Waals surface area contributed by atoms with Gasteiger partial charge in [0.1, 0.15) is 5.01 Å². The van der Waals surface area contributed by atoms with Crippen LogP contribution in [-0.4, -0.2) is 4.98 Å². The Bertz CT molecular complexity index is 276. The predicted molar refractivity (Wildman–Crippen MR) is 51.4 cm³/mol. The van der Waals surface area contributed by atoms with Crippen LogP contribution in [0.1, 0.15) is 41.3 Å². The Morgan fingerprint density at radius 3 is 2.83 bits per heavy atom. The Labute approximate surface area is 76.8 Å². The molecule has 1 fully saturated rings. The average Bonchev–Trinajstić information content (AvgIpc) is 2.85. The van der Waals surface area contributed by atoms with Gasteiger partial charge < -0.3 is 5.73 Å². The van der Waals surface area contributed by atoms with E-state index in [-0.39, 0.29) is 0 Å². The van der Waals surface area contributed by atoms with Gasteiger partial charge in [-0.25, -0.2) is 4.98 Å². The first-order valence-corrected chi connectivity index (χ1v) is 5.35. The van der Waals surface area contributed by atoms with E-state index in [2.05, 4.69) is 11.9 Å². The molecule has 0 unspecified atom stereocenters. The zero-order valence-corrected chi connectivity index (χ0v) is 8.16. The molecule has 0 saturated heterocycles. The van der Waals surface area contributed by atoms with E-state index in [9.17, 15) is 0 Å². The van der Waals surface area contributed by atoms with Crippen LogP contribution in [0.15, 0.2) is 0 Å². The molecule has 3 heteroatoms. The summed E-state index contributed by atoms with van der Waals surface area (Å²) in [5, 5.41) is 1.11. The SMILES string of the molecule is CCc1sc(CN)nc1C1CC1. The molecule has 0 bridgehead atoms. The third-order valence-corrected chi connectivity index (χ3v) is 3.47. The number of hydrogen-bond donors (Lipinski definition) is 1. The smallest absolute Gasteiger partial charge is 0.107 e. The molecule has 2 rings (SSSR count). The van der Waals surface area contributed by atoms with E-state index in [0.717, 1.165) is 17.3 Å². The highest BCUT2D eigenvalue weighted by Crippen LogP contribution is 2.42. The van der Waals surface area contributed by atoms with Crippen molar-refractivity contribution in [2.75, 3.05) is 0 Å². The van der Waals surface area contributed by atoms with Gasteiger partial charge in [0.25, 0.3) is 0 Å². The summed E-state index contributed by atoms with van der Waals surface area (Å²) in [6.45, 7) is 2.80. The van der Waals surface area contributed by atoms with Crippen LogP contribution in [-0.2, 0) is 13.0 Å². The van der Waals surface area contributed by atoms with Crippen molar-refractivity contribution in [2.45, 2.75) is 38.6 Å². The molecular formula is C9H14N2S. The molecule has 0 atom stereocenters. The van der Waals surface area contributed by atoms with E-state index >= 15 is 0 Å². The van der Waals surface area contributed by atoms with Crippen molar-refractivity contribution >= 4 is 11.3 Å². The Balaban J connectivity index is 2.29. The molecule has 1 aliphatic rings. The third kappa shape index (κ3) is 1.39. The number of rotatable bonds is 3. The molecule has 0 amide bonds. The van der Waals surface area contributed by atoms with Crippen LogP contribution in [0.2, 0.25) is 0 Å². The number of aryl methyl sites for hydroxylation is 1. The second kappa shape index (κ2) is 3.15. The fourth-order valence-electron chi connectivity index (χ4n) is 1.43. The highest BCUT2D eigenvalue weighted by molar-refractivity contribution is 7.11. The van der Waals surface area contributed by atoms with Crippen molar-refractivity contribution in [3.8, 4) is 0 Å². The average molecular weight is 182 g/mol. The molecule has 1 aromatic rings. The maximum atomic E-state index is 5.56. The van der Waals surface area contributed by atoms with Crippen LogP contribution >= 0.6 is 11.3 Å². The summed E-state index contributed by atoms with van der Waals surface area (Å²) in [5.74, 6) is 0.775. The minimum absolute atomic E-state index is 0.602. The van der Waals surface area contributed by atoms with Crippen LogP contribution in [0, 0.1) is 0 Å². The summed E-state index contributed by atoms with van der Waals surface area (Å²) >= 11 is 1.79. The molecule has 0 spiro atoms. The van der Waals surface area contributed by atoms with Crippen LogP contribution in [0.4, 0.5) is 0 Å². The van der Waals surface area contributed by atoms with E-state index in [1.807, 2.05) is 0 Å². The first-order valence-electron chi connectivity index (χ1n) is 4.53. The van der Waals surface area contributed by atoms with Crippen LogP contribution in [0.25, 0.3) is 0 Å². The molecule has 1 aromatic heterocycles. The molecule has 12 heavy (non-hydrogen) atoms. The zero-order valence-electron chi connectivity index (χ0n) is 7.34. The minimum atomic E-state index is 0.602. The first-order chi connectivity index (χ1) is 5.85. The quantitative estimate of drug-likeness (QED) is 0.777. The summed E-state index contributed by atoms with van der Waals surface area (Å²) in [6.07, 6.45) is 3.78. The van der Waals surface area contributed by atoms with Gasteiger partial charge in [0.05, 0.1) is 5.69 Å². The lowest BCUT2D eigenvalue weighted by molar-refractivity contribution is 0.951. The number of aromatic nitrogens is 1. The normalized spacial score (nSPS) is 16.8. The van der Waals surface area contributed by atoms with Gasteiger partial charge in [-0.1, -0.05) is 6.92 Å². The third-order valence-electron chi connectivity index (χ3n) is 2.23. The van der Waals surface area contributed by atoms with Gasteiger partial charge in [-0.05, 0) is 19.3 Å². The Hall–Kier alpha value is -0.410. The second-order valence-electron chi connectivity index (χ2n) is 3.25. The van der Waals surface area contributed by atoms with Gasteiger partial charge in [0, 0.05) is 17.3 Å². The van der Waals surface area contributed by atoms with Gasteiger partial charge in [-0.2, -0.15) is 0 Å². The standard InChI is InChI=1S/C9H14N2S/c1-2-7-9(6-3-4-6)11-8(5-10)12-7/h6H,2-5,10H2,1H3. The van der Waals surface area contributed by atoms with E-state index in [4.69, 9.17) is 5.73 Å². The van der Waals surface area contributed by atoms with Crippen LogP contribution in [0.5, 0.6) is 0 Å². The second-order valence-corrected chi connectivity index (χ2v) is 4.42. The lowest BCUT2D eigenvalue weighted by atomic mass is 10.2. The maximum Gasteiger partial charge on any atom is 0.107 e. The summed E-state index contributed by atoms with van der Waals surface area (Å²) in [5.41, 5.74) is 6.91. The Kier molecular flexibility index (Phi) is 2.15. The molecular weight excluding hydrogens is 168 g/mol. The van der Waals surface area contributed by atoms with Crippen molar-refractivity contribution < 1.29 is 0 Å². The van der Waals surface area contributed by atoms with Crippen molar-refractivity contribution in [2.24, 2.45) is 5.73 Å². The maximum absolute atomic E-state index is 5.56. The molecule has 0 aliphatic heterocycles. The van der Waals surface area contributed by atoms with Crippen molar-refractivity contribution in [3.05, 3.63) is 15.6 Å². The summed E-state index contributed by atoms with van der Waals surface area (Å²) < 4.78 is 0. The number of hydrogen-bond acceptors (Lipinski definition) is 3. The fourth-order valence-corrected chi connectivity index (χ4v) is 2.40. The van der Waals surface area contributed by atoms with E-state index in [1.54, 1.807) is 11.3 Å². The summed E-state index contributed by atoms with van der Waals surface area (Å²) in [4.78, 5) is 6.01. The highest BCUT2D eigenvalue weighted by atomic mass is 32.1. The molecule has 1 aliphatic carbocycles. The summed E-state index contributed by atoms with van der Waals surface area (Å²) in [7, 11) is 0. The zero-order chi connectivity index (χ0) is 8.55. The van der Waals surface area contributed by atoms with Gasteiger partial charge in [0.15, 0.2) is 0 Å². The van der Waals surface area contributed by atoms with Gasteiger partial charge in [-0.15, -0.1) is 11.3 Å². The molecule has 0 radical (unpaired) electrons. The Morgan fingerprint density at radius 1 is 1.58 bits per heavy atom. The van der Waals surface area contributed by atoms with E-state index < -0.39 is 0 Å². The van der Waals surface area contributed by atoms with Crippen molar-refractivity contribution in [1.29, 1.82) is 0 Å². The molecule has 66 valence electrons. The molecule has 2 N–H and O–H groups in total. The van der Waals surface area contributed by atoms with Crippen LogP contribution in [0.3, 0.4) is 0 Å². The van der Waals surface area contributed by atoms with Gasteiger partial charge in [-0.3, -0.25) is 0 Å². The predicted octanol–water partition coefficient (Wildman–Crippen LogP) is 2.04. The van der Waals surface area contributed by atoms with E-state index in [1.165, 1.54) is 23.4 Å². The van der Waals surface area contributed by atoms with Gasteiger partial charge >= 0.3 is 0 Å². The molecule has 0 aromatic carbocycles. The highest BCUT2D eigenvalue weighted by Gasteiger charge is 2.28. The number of nitrogens with zero attached hydrogens (tertiary/aromatic N) is 1.